The normalized spacial score (nSPS) is 14.9. The first-order chi connectivity index (χ1) is 25.5. The number of hydrogen-bond donors (Lipinski definition) is 7. The molecule has 15 nitrogen and oxygen atoms in total. The van der Waals surface area contributed by atoms with Crippen molar-refractivity contribution in [2.75, 3.05) is 6.54 Å². The summed E-state index contributed by atoms with van der Waals surface area (Å²) in [6, 6.07) is 4.94. The molecule has 17 heteroatoms. The number of halogens is 2. The first-order valence-corrected chi connectivity index (χ1v) is 18.3. The van der Waals surface area contributed by atoms with Gasteiger partial charge in [-0.15, -0.1) is 0 Å². The van der Waals surface area contributed by atoms with Gasteiger partial charge in [0, 0.05) is 0 Å². The van der Waals surface area contributed by atoms with Crippen molar-refractivity contribution < 1.29 is 48.6 Å². The predicted octanol–water partition coefficient (Wildman–Crippen LogP) is 3.42. The van der Waals surface area contributed by atoms with Gasteiger partial charge >= 0.3 is 11.9 Å². The standard InChI is InChI=1S/C37H45Cl2N5O10/c1-4-10-26(31(46)35(50)40-18-28(45)43-30(37(53)54)21-11-6-5-7-12-21)41-33(48)27(15-19(2)3)42-34(49)29(20-13-8-9-14-20)44-32(47)22-16-24(38)25(39)17-23(22)36(51)52/h5-7,11-12,16-17,19-20,26-27,29-30H,4,8-10,13-15,18H2,1-3H3,(H,40,50)(H,41,48)(H,42,49)(H,43,45)(H,44,47)(H,51,52)(H,53,54)/t26-,27+,29+,30+/m1/s1. The molecule has 1 fully saturated rings. The number of ketones is 1. The Kier molecular flexibility index (Phi) is 16.4. The van der Waals surface area contributed by atoms with Gasteiger partial charge in [-0.25, -0.2) is 9.59 Å². The summed E-state index contributed by atoms with van der Waals surface area (Å²) in [6.07, 6.45) is 3.25. The Morgan fingerprint density at radius 2 is 1.39 bits per heavy atom. The molecule has 292 valence electrons. The topological polar surface area (TPSA) is 237 Å². The van der Waals surface area contributed by atoms with Crippen molar-refractivity contribution in [2.45, 2.75) is 89.9 Å². The van der Waals surface area contributed by atoms with E-state index in [1.54, 1.807) is 39.0 Å². The third kappa shape index (κ3) is 12.3. The third-order valence-electron chi connectivity index (χ3n) is 8.84. The fourth-order valence-corrected chi connectivity index (χ4v) is 6.49. The Morgan fingerprint density at radius 1 is 0.796 bits per heavy atom. The lowest BCUT2D eigenvalue weighted by Gasteiger charge is -2.28. The molecule has 1 saturated carbocycles. The summed E-state index contributed by atoms with van der Waals surface area (Å²) in [7, 11) is 0. The molecule has 2 aromatic rings. The summed E-state index contributed by atoms with van der Waals surface area (Å²) < 4.78 is 0. The van der Waals surface area contributed by atoms with Gasteiger partial charge in [-0.05, 0) is 55.2 Å². The molecular weight excluding hydrogens is 745 g/mol. The number of amides is 5. The average molecular weight is 791 g/mol. The quantitative estimate of drug-likeness (QED) is 0.102. The van der Waals surface area contributed by atoms with Crippen LogP contribution in [0.1, 0.15) is 98.0 Å². The van der Waals surface area contributed by atoms with Crippen molar-refractivity contribution in [3.8, 4) is 0 Å². The highest BCUT2D eigenvalue weighted by atomic mass is 35.5. The molecule has 0 spiro atoms. The van der Waals surface area contributed by atoms with Crippen LogP contribution in [0.2, 0.25) is 10.0 Å². The van der Waals surface area contributed by atoms with Crippen LogP contribution in [-0.4, -0.2) is 82.1 Å². The molecule has 0 unspecified atom stereocenters. The van der Waals surface area contributed by atoms with Gasteiger partial charge in [0.25, 0.3) is 11.8 Å². The highest BCUT2D eigenvalue weighted by Gasteiger charge is 2.36. The van der Waals surface area contributed by atoms with Crippen LogP contribution in [0.5, 0.6) is 0 Å². The molecule has 4 atom stereocenters. The fraction of sp³-hybridized carbons (Fsp3) is 0.459. The van der Waals surface area contributed by atoms with Crippen LogP contribution in [0.4, 0.5) is 0 Å². The highest BCUT2D eigenvalue weighted by Crippen LogP contribution is 2.30. The molecule has 0 aromatic heterocycles. The summed E-state index contributed by atoms with van der Waals surface area (Å²) in [5.41, 5.74) is -0.429. The van der Waals surface area contributed by atoms with Gasteiger partial charge in [-0.1, -0.05) is 93.6 Å². The van der Waals surface area contributed by atoms with Crippen LogP contribution >= 0.6 is 23.2 Å². The summed E-state index contributed by atoms with van der Waals surface area (Å²) in [4.78, 5) is 103. The number of carboxylic acids is 2. The molecule has 5 amide bonds. The zero-order valence-electron chi connectivity index (χ0n) is 30.1. The average Bonchev–Trinajstić information content (AvgIpc) is 3.66. The molecule has 1 aliphatic rings. The number of aliphatic carboxylic acids is 1. The van der Waals surface area contributed by atoms with Crippen LogP contribution in [0.15, 0.2) is 42.5 Å². The Labute approximate surface area is 322 Å². The summed E-state index contributed by atoms with van der Waals surface area (Å²) in [5.74, 6) is -8.70. The number of Topliss-reactive ketones (excluding diaryl/α,β-unsaturated/α-hetero) is 1. The van der Waals surface area contributed by atoms with E-state index in [0.717, 1.165) is 25.0 Å². The fourth-order valence-electron chi connectivity index (χ4n) is 6.16. The Hall–Kier alpha value is -5.02. The second-order valence-corrected chi connectivity index (χ2v) is 14.3. The minimum atomic E-state index is -1.43. The maximum Gasteiger partial charge on any atom is 0.336 e. The molecule has 7 N–H and O–H groups in total. The zero-order valence-corrected chi connectivity index (χ0v) is 31.6. The minimum absolute atomic E-state index is 0.0396. The number of carboxylic acid groups (broad SMARTS) is 2. The molecule has 0 radical (unpaired) electrons. The lowest BCUT2D eigenvalue weighted by atomic mass is 9.95. The smallest absolute Gasteiger partial charge is 0.336 e. The number of carbonyl (C=O) groups excluding carboxylic acids is 6. The minimum Gasteiger partial charge on any atom is -0.479 e. The largest absolute Gasteiger partial charge is 0.479 e. The lowest BCUT2D eigenvalue weighted by molar-refractivity contribution is -0.142. The van der Waals surface area contributed by atoms with E-state index in [2.05, 4.69) is 26.6 Å². The molecule has 0 saturated heterocycles. The summed E-state index contributed by atoms with van der Waals surface area (Å²) in [6.45, 7) is 4.62. The van der Waals surface area contributed by atoms with E-state index in [0.29, 0.717) is 24.8 Å². The number of nitrogens with one attached hydrogen (secondary N) is 5. The van der Waals surface area contributed by atoms with Gasteiger partial charge in [0.15, 0.2) is 6.04 Å². The molecule has 0 bridgehead atoms. The van der Waals surface area contributed by atoms with Crippen LogP contribution in [0.25, 0.3) is 0 Å². The van der Waals surface area contributed by atoms with Crippen LogP contribution in [0, 0.1) is 11.8 Å². The molecule has 1 aliphatic carbocycles. The van der Waals surface area contributed by atoms with E-state index >= 15 is 0 Å². The number of benzene rings is 2. The molecular formula is C37H45Cl2N5O10. The Balaban J connectivity index is 1.73. The van der Waals surface area contributed by atoms with Crippen molar-refractivity contribution in [1.29, 1.82) is 0 Å². The lowest BCUT2D eigenvalue weighted by Crippen LogP contribution is -2.58. The van der Waals surface area contributed by atoms with E-state index in [1.807, 2.05) is 0 Å². The zero-order chi connectivity index (χ0) is 40.1. The van der Waals surface area contributed by atoms with Crippen molar-refractivity contribution in [2.24, 2.45) is 11.8 Å². The number of carbonyl (C=O) groups is 8. The van der Waals surface area contributed by atoms with Gasteiger partial charge in [0.05, 0.1) is 33.8 Å². The van der Waals surface area contributed by atoms with E-state index in [1.165, 1.54) is 12.1 Å². The molecule has 0 heterocycles. The van der Waals surface area contributed by atoms with E-state index < -0.39 is 83.5 Å². The van der Waals surface area contributed by atoms with Crippen molar-refractivity contribution in [3.63, 3.8) is 0 Å². The molecule has 3 rings (SSSR count). The SMILES string of the molecule is CCC[C@@H](NC(=O)[C@H](CC(C)C)NC(=O)[C@@H](NC(=O)c1cc(Cl)c(Cl)cc1C(=O)O)C1CCCC1)C(=O)C(=O)NCC(=O)N[C@H](C(=O)O)c1ccccc1. The van der Waals surface area contributed by atoms with Crippen molar-refractivity contribution in [3.05, 3.63) is 69.2 Å². The third-order valence-corrected chi connectivity index (χ3v) is 9.57. The van der Waals surface area contributed by atoms with Gasteiger partial charge in [0.2, 0.25) is 23.5 Å². The van der Waals surface area contributed by atoms with Crippen LogP contribution < -0.4 is 26.6 Å². The number of aromatic carboxylic acids is 1. The first-order valence-electron chi connectivity index (χ1n) is 17.6. The summed E-state index contributed by atoms with van der Waals surface area (Å²) in [5, 5.41) is 31.4. The molecule has 0 aliphatic heterocycles. The Bertz CT molecular complexity index is 1730. The Morgan fingerprint density at radius 3 is 1.94 bits per heavy atom. The van der Waals surface area contributed by atoms with Gasteiger partial charge in [0.1, 0.15) is 12.1 Å². The number of hydrogen-bond acceptors (Lipinski definition) is 8. The number of rotatable bonds is 19. The van der Waals surface area contributed by atoms with E-state index in [9.17, 15) is 48.6 Å². The second-order valence-electron chi connectivity index (χ2n) is 13.4. The van der Waals surface area contributed by atoms with Crippen molar-refractivity contribution in [1.82, 2.24) is 26.6 Å². The van der Waals surface area contributed by atoms with Gasteiger partial charge in [-0.3, -0.25) is 28.8 Å². The van der Waals surface area contributed by atoms with Crippen LogP contribution in [-0.2, 0) is 28.8 Å². The maximum atomic E-state index is 13.9. The molecule has 2 aromatic carbocycles. The van der Waals surface area contributed by atoms with Crippen LogP contribution in [0.3, 0.4) is 0 Å². The van der Waals surface area contributed by atoms with E-state index in [4.69, 9.17) is 23.2 Å². The monoisotopic (exact) mass is 789 g/mol. The highest BCUT2D eigenvalue weighted by molar-refractivity contribution is 6.42. The predicted molar refractivity (Wildman–Crippen MR) is 198 cm³/mol. The van der Waals surface area contributed by atoms with Gasteiger partial charge < -0.3 is 36.8 Å². The first kappa shape index (κ1) is 43.4. The van der Waals surface area contributed by atoms with Gasteiger partial charge in [-0.2, -0.15) is 0 Å². The van der Waals surface area contributed by atoms with E-state index in [-0.39, 0.29) is 40.3 Å². The molecule has 54 heavy (non-hydrogen) atoms. The summed E-state index contributed by atoms with van der Waals surface area (Å²) >= 11 is 12.1. The van der Waals surface area contributed by atoms with Crippen molar-refractivity contribution >= 4 is 70.5 Å². The second kappa shape index (κ2) is 20.4. The maximum absolute atomic E-state index is 13.9.